The Morgan fingerprint density at radius 1 is 0.862 bits per heavy atom. The summed E-state index contributed by atoms with van der Waals surface area (Å²) in [6, 6.07) is 11.6. The van der Waals surface area contributed by atoms with E-state index in [9.17, 15) is 0 Å². The van der Waals surface area contributed by atoms with Crippen LogP contribution in [0.25, 0.3) is 0 Å². The fraction of sp³-hybridized carbons (Fsp3) is 0.607. The van der Waals surface area contributed by atoms with Gasteiger partial charge in [-0.15, -0.1) is 0 Å². The molecule has 0 atom stereocenters. The van der Waals surface area contributed by atoms with Gasteiger partial charge in [-0.25, -0.2) is 0 Å². The Labute approximate surface area is 178 Å². The zero-order chi connectivity index (χ0) is 20.3. The van der Waals surface area contributed by atoms with Gasteiger partial charge in [0.15, 0.2) is 0 Å². The van der Waals surface area contributed by atoms with Crippen LogP contribution in [0.2, 0.25) is 0 Å². The van der Waals surface area contributed by atoms with Crippen molar-refractivity contribution in [2.75, 3.05) is 0 Å². The summed E-state index contributed by atoms with van der Waals surface area (Å²) < 4.78 is 0. The molecule has 0 heterocycles. The van der Waals surface area contributed by atoms with Gasteiger partial charge in [-0.1, -0.05) is 68.7 Å². The van der Waals surface area contributed by atoms with Gasteiger partial charge in [-0.2, -0.15) is 5.26 Å². The van der Waals surface area contributed by atoms with Crippen LogP contribution >= 0.6 is 0 Å². The van der Waals surface area contributed by atoms with Gasteiger partial charge in [0, 0.05) is 6.08 Å². The maximum absolute atomic E-state index is 8.53. The van der Waals surface area contributed by atoms with Crippen molar-refractivity contribution in [3.63, 3.8) is 0 Å². The van der Waals surface area contributed by atoms with Gasteiger partial charge in [0.25, 0.3) is 0 Å². The van der Waals surface area contributed by atoms with E-state index < -0.39 is 0 Å². The molecule has 2 fully saturated rings. The third-order valence-electron chi connectivity index (χ3n) is 7.38. The minimum atomic E-state index is 0.730. The van der Waals surface area contributed by atoms with E-state index >= 15 is 0 Å². The summed E-state index contributed by atoms with van der Waals surface area (Å²) in [7, 11) is 0. The number of nitriles is 1. The van der Waals surface area contributed by atoms with Crippen molar-refractivity contribution in [1.29, 1.82) is 5.26 Å². The highest BCUT2D eigenvalue weighted by Gasteiger charge is 2.24. The lowest BCUT2D eigenvalue weighted by Crippen LogP contribution is -2.17. The van der Waals surface area contributed by atoms with Crippen LogP contribution in [0.5, 0.6) is 0 Å². The maximum Gasteiger partial charge on any atom is 0.0912 e. The zero-order valence-electron chi connectivity index (χ0n) is 18.4. The van der Waals surface area contributed by atoms with E-state index in [1.54, 1.807) is 11.6 Å². The second kappa shape index (κ2) is 12.0. The second-order valence-corrected chi connectivity index (χ2v) is 9.44. The number of nitrogens with zero attached hydrogens (tertiary/aromatic N) is 1. The Balaban J connectivity index is 1.33. The molecule has 0 amide bonds. The quantitative estimate of drug-likeness (QED) is 0.325. The number of rotatable bonds is 8. The van der Waals surface area contributed by atoms with Crippen LogP contribution in [0, 0.1) is 29.1 Å². The van der Waals surface area contributed by atoms with Crippen LogP contribution in [0.3, 0.4) is 0 Å². The molecule has 0 N–H and O–H groups in total. The van der Waals surface area contributed by atoms with E-state index in [1.165, 1.54) is 82.6 Å². The van der Waals surface area contributed by atoms with Gasteiger partial charge in [0.1, 0.15) is 0 Å². The van der Waals surface area contributed by atoms with E-state index in [0.29, 0.717) is 0 Å². The minimum Gasteiger partial charge on any atom is -0.193 e. The summed E-state index contributed by atoms with van der Waals surface area (Å²) in [5, 5.41) is 8.53. The molecule has 1 heteroatoms. The van der Waals surface area contributed by atoms with Crippen molar-refractivity contribution in [3.05, 3.63) is 59.7 Å². The molecule has 1 aromatic carbocycles. The first kappa shape index (κ1) is 21.9. The molecule has 2 aliphatic rings. The van der Waals surface area contributed by atoms with Crippen molar-refractivity contribution in [1.82, 2.24) is 0 Å². The molecule has 3 rings (SSSR count). The van der Waals surface area contributed by atoms with E-state index in [4.69, 9.17) is 5.26 Å². The normalized spacial score (nSPS) is 28.0. The third-order valence-corrected chi connectivity index (χ3v) is 7.38. The summed E-state index contributed by atoms with van der Waals surface area (Å²) in [6.07, 6.45) is 24.3. The highest BCUT2D eigenvalue weighted by molar-refractivity contribution is 5.26. The number of aryl methyl sites for hydroxylation is 1. The number of hydrogen-bond acceptors (Lipinski definition) is 1. The standard InChI is InChI=1S/C28H39N/c1-2-6-23-14-18-27(19-15-23)28-20-16-26(17-21-28)13-12-25-10-8-24(9-11-25)7-4-3-5-22-29/h3-5,7,14-15,18-19,24-26,28H,2,6,8-13,16-17,20-21H2,1H3. The van der Waals surface area contributed by atoms with Crippen LogP contribution in [-0.2, 0) is 6.42 Å². The second-order valence-electron chi connectivity index (χ2n) is 9.44. The Hall–Kier alpha value is -1.81. The molecular weight excluding hydrogens is 350 g/mol. The molecule has 0 unspecified atom stereocenters. The van der Waals surface area contributed by atoms with Crippen LogP contribution in [0.15, 0.2) is 48.6 Å². The minimum absolute atomic E-state index is 0.730. The maximum atomic E-state index is 8.53. The highest BCUT2D eigenvalue weighted by atomic mass is 14.3. The van der Waals surface area contributed by atoms with Gasteiger partial charge in [0.05, 0.1) is 6.07 Å². The molecule has 29 heavy (non-hydrogen) atoms. The lowest BCUT2D eigenvalue weighted by atomic mass is 9.74. The van der Waals surface area contributed by atoms with Gasteiger partial charge in [-0.05, 0) is 92.6 Å². The molecular formula is C28H39N. The molecule has 0 radical (unpaired) electrons. The van der Waals surface area contributed by atoms with E-state index in [0.717, 1.165) is 23.7 Å². The van der Waals surface area contributed by atoms with Gasteiger partial charge in [-0.3, -0.25) is 0 Å². The molecule has 0 spiro atoms. The molecule has 1 nitrogen and oxygen atoms in total. The Morgan fingerprint density at radius 3 is 2.07 bits per heavy atom. The average Bonchev–Trinajstić information content (AvgIpc) is 2.77. The monoisotopic (exact) mass is 389 g/mol. The van der Waals surface area contributed by atoms with Crippen LogP contribution in [0.4, 0.5) is 0 Å². The fourth-order valence-corrected chi connectivity index (χ4v) is 5.49. The van der Waals surface area contributed by atoms with Crippen molar-refractivity contribution >= 4 is 0 Å². The number of allylic oxidation sites excluding steroid dienone is 4. The topological polar surface area (TPSA) is 23.8 Å². The van der Waals surface area contributed by atoms with Gasteiger partial charge < -0.3 is 0 Å². The fourth-order valence-electron chi connectivity index (χ4n) is 5.49. The van der Waals surface area contributed by atoms with Crippen molar-refractivity contribution in [2.24, 2.45) is 17.8 Å². The van der Waals surface area contributed by atoms with Crippen LogP contribution in [0.1, 0.15) is 94.6 Å². The lowest BCUT2D eigenvalue weighted by Gasteiger charge is -2.31. The summed E-state index contributed by atoms with van der Waals surface area (Å²) in [4.78, 5) is 0. The van der Waals surface area contributed by atoms with Gasteiger partial charge in [0.2, 0.25) is 0 Å². The smallest absolute Gasteiger partial charge is 0.0912 e. The van der Waals surface area contributed by atoms with Crippen molar-refractivity contribution in [2.45, 2.75) is 89.9 Å². The zero-order valence-corrected chi connectivity index (χ0v) is 18.4. The summed E-state index contributed by atoms with van der Waals surface area (Å²) in [6.45, 7) is 2.26. The predicted molar refractivity (Wildman–Crippen MR) is 124 cm³/mol. The van der Waals surface area contributed by atoms with Gasteiger partial charge >= 0.3 is 0 Å². The summed E-state index contributed by atoms with van der Waals surface area (Å²) >= 11 is 0. The van der Waals surface area contributed by atoms with E-state index in [1.807, 2.05) is 12.1 Å². The van der Waals surface area contributed by atoms with Crippen molar-refractivity contribution in [3.8, 4) is 6.07 Å². The summed E-state index contributed by atoms with van der Waals surface area (Å²) in [5.74, 6) is 3.46. The van der Waals surface area contributed by atoms with E-state index in [-0.39, 0.29) is 0 Å². The third kappa shape index (κ3) is 7.18. The molecule has 0 aromatic heterocycles. The molecule has 1 aromatic rings. The first-order valence-electron chi connectivity index (χ1n) is 12.1. The Bertz CT molecular complexity index is 674. The summed E-state index contributed by atoms with van der Waals surface area (Å²) in [5.41, 5.74) is 3.08. The molecule has 156 valence electrons. The SMILES string of the molecule is CCCc1ccc(C2CCC(CCC3CCC(C=CC=CC#N)CC3)CC2)cc1. The Kier molecular flexibility index (Phi) is 9.07. The average molecular weight is 390 g/mol. The first-order chi connectivity index (χ1) is 14.3. The van der Waals surface area contributed by atoms with Crippen LogP contribution in [-0.4, -0.2) is 0 Å². The molecule has 0 saturated heterocycles. The van der Waals surface area contributed by atoms with E-state index in [2.05, 4.69) is 43.3 Å². The molecule has 0 aliphatic heterocycles. The molecule has 2 saturated carbocycles. The number of benzene rings is 1. The first-order valence-corrected chi connectivity index (χ1v) is 12.1. The Morgan fingerprint density at radius 2 is 1.48 bits per heavy atom. The lowest BCUT2D eigenvalue weighted by molar-refractivity contribution is 0.246. The molecule has 2 aliphatic carbocycles. The van der Waals surface area contributed by atoms with Crippen molar-refractivity contribution < 1.29 is 0 Å². The largest absolute Gasteiger partial charge is 0.193 e. The number of hydrogen-bond donors (Lipinski definition) is 0. The van der Waals surface area contributed by atoms with Crippen LogP contribution < -0.4 is 0 Å². The molecule has 0 bridgehead atoms. The predicted octanol–water partition coefficient (Wildman–Crippen LogP) is 8.14. The highest BCUT2D eigenvalue weighted by Crippen LogP contribution is 2.40.